The third kappa shape index (κ3) is 3.33. The molecule has 2 atom stereocenters. The molecule has 0 saturated heterocycles. The highest BCUT2D eigenvalue weighted by Crippen LogP contribution is 2.38. The highest BCUT2D eigenvalue weighted by atomic mass is 32.1. The Labute approximate surface area is 177 Å². The smallest absolute Gasteiger partial charge is 0.231 e. The van der Waals surface area contributed by atoms with E-state index in [1.807, 2.05) is 17.8 Å². The number of alkyl halides is 1. The fourth-order valence-electron chi connectivity index (χ4n) is 3.85. The van der Waals surface area contributed by atoms with E-state index in [4.69, 9.17) is 0 Å². The summed E-state index contributed by atoms with van der Waals surface area (Å²) in [6.45, 7) is 4.25. The van der Waals surface area contributed by atoms with Gasteiger partial charge >= 0.3 is 0 Å². The summed E-state index contributed by atoms with van der Waals surface area (Å²) in [4.78, 5) is 25.7. The topological polar surface area (TPSA) is 67.8 Å². The minimum atomic E-state index is -1.03. The number of nitrogens with one attached hydrogen (secondary N) is 1. The van der Waals surface area contributed by atoms with E-state index in [2.05, 4.69) is 46.2 Å². The second-order valence-corrected chi connectivity index (χ2v) is 8.69. The van der Waals surface area contributed by atoms with Crippen LogP contribution in [0, 0.1) is 12.8 Å². The van der Waals surface area contributed by atoms with E-state index in [-0.39, 0.29) is 5.91 Å². The molecule has 152 valence electrons. The highest BCUT2D eigenvalue weighted by Gasteiger charge is 2.43. The zero-order chi connectivity index (χ0) is 20.8. The molecule has 0 spiro atoms. The summed E-state index contributed by atoms with van der Waals surface area (Å²) in [5.74, 6) is -0.407. The normalized spacial score (nSPS) is 18.1. The average Bonchev–Trinajstić information content (AvgIpc) is 3.26. The number of hydrogen-bond donors (Lipinski definition) is 1. The second-order valence-electron chi connectivity index (χ2n) is 7.83. The van der Waals surface area contributed by atoms with Crippen molar-refractivity contribution in [3.05, 3.63) is 47.4 Å². The van der Waals surface area contributed by atoms with Crippen LogP contribution in [0.25, 0.3) is 32.1 Å². The molecule has 5 rings (SSSR count). The molecule has 5 nitrogen and oxygen atoms in total. The Hall–Kier alpha value is -2.93. The van der Waals surface area contributed by atoms with Crippen molar-refractivity contribution < 1.29 is 9.18 Å². The number of rotatable bonds is 5. The first-order chi connectivity index (χ1) is 14.5. The summed E-state index contributed by atoms with van der Waals surface area (Å²) in [5, 5.41) is 4.68. The lowest BCUT2D eigenvalue weighted by Gasteiger charge is -2.11. The third-order valence-corrected chi connectivity index (χ3v) is 6.43. The van der Waals surface area contributed by atoms with Crippen LogP contribution in [0.3, 0.4) is 0 Å². The van der Waals surface area contributed by atoms with Crippen molar-refractivity contribution >= 4 is 44.1 Å². The molecule has 30 heavy (non-hydrogen) atoms. The molecular formula is C23H21FN4OS. The van der Waals surface area contributed by atoms with Gasteiger partial charge in [-0.05, 0) is 43.5 Å². The number of nitrogens with zero attached hydrogens (tertiary/aromatic N) is 3. The Morgan fingerprint density at radius 2 is 2.03 bits per heavy atom. The Kier molecular flexibility index (Phi) is 4.70. The van der Waals surface area contributed by atoms with Crippen molar-refractivity contribution in [1.29, 1.82) is 0 Å². The van der Waals surface area contributed by atoms with E-state index >= 15 is 0 Å². The van der Waals surface area contributed by atoms with E-state index < -0.39 is 12.1 Å². The van der Waals surface area contributed by atoms with Gasteiger partial charge in [0.05, 0.1) is 21.6 Å². The van der Waals surface area contributed by atoms with Crippen molar-refractivity contribution in [2.75, 3.05) is 5.32 Å². The largest absolute Gasteiger partial charge is 0.310 e. The van der Waals surface area contributed by atoms with Crippen LogP contribution in [0.4, 0.5) is 10.2 Å². The number of benzene rings is 1. The molecule has 3 heterocycles. The second kappa shape index (κ2) is 7.40. The molecule has 2 unspecified atom stereocenters. The molecule has 0 radical (unpaired) electrons. The predicted molar refractivity (Wildman–Crippen MR) is 119 cm³/mol. The molecule has 7 heteroatoms. The average molecular weight is 421 g/mol. The Morgan fingerprint density at radius 3 is 2.77 bits per heavy atom. The molecular weight excluding hydrogens is 399 g/mol. The number of aromatic nitrogens is 3. The Bertz CT molecular complexity index is 1290. The van der Waals surface area contributed by atoms with Gasteiger partial charge in [0.2, 0.25) is 5.91 Å². The number of thiazole rings is 1. The fraction of sp³-hybridized carbons (Fsp3) is 0.304. The van der Waals surface area contributed by atoms with Gasteiger partial charge in [-0.2, -0.15) is 0 Å². The molecule has 4 aromatic rings. The Balaban J connectivity index is 1.58. The number of amides is 1. The van der Waals surface area contributed by atoms with E-state index in [1.54, 1.807) is 17.5 Å². The summed E-state index contributed by atoms with van der Waals surface area (Å²) >= 11 is 1.56. The zero-order valence-corrected chi connectivity index (χ0v) is 17.6. The SMILES string of the molecule is CCCc1cc(C)c(-c2cc3cnc(NC(=O)C4CC4F)cc3c3scnc23)cn1. The van der Waals surface area contributed by atoms with Crippen molar-refractivity contribution in [2.45, 2.75) is 39.3 Å². The Morgan fingerprint density at radius 1 is 1.20 bits per heavy atom. The molecule has 1 amide bonds. The van der Waals surface area contributed by atoms with Crippen LogP contribution in [0.2, 0.25) is 0 Å². The third-order valence-electron chi connectivity index (χ3n) is 5.57. The molecule has 1 fully saturated rings. The van der Waals surface area contributed by atoms with Crippen LogP contribution in [-0.2, 0) is 11.2 Å². The summed E-state index contributed by atoms with van der Waals surface area (Å²) in [6, 6.07) is 6.08. The number of carbonyl (C=O) groups is 1. The number of halogens is 1. The van der Waals surface area contributed by atoms with Crippen LogP contribution in [0.15, 0.2) is 36.1 Å². The molecule has 1 aliphatic rings. The van der Waals surface area contributed by atoms with Crippen molar-refractivity contribution in [3.63, 3.8) is 0 Å². The van der Waals surface area contributed by atoms with Gasteiger partial charge in [0.1, 0.15) is 12.0 Å². The van der Waals surface area contributed by atoms with Crippen LogP contribution >= 0.6 is 11.3 Å². The predicted octanol–water partition coefficient (Wildman–Crippen LogP) is 5.46. The quantitative estimate of drug-likeness (QED) is 0.465. The maximum absolute atomic E-state index is 13.2. The number of anilines is 1. The first-order valence-electron chi connectivity index (χ1n) is 10.1. The highest BCUT2D eigenvalue weighted by molar-refractivity contribution is 7.17. The van der Waals surface area contributed by atoms with Crippen LogP contribution < -0.4 is 5.32 Å². The van der Waals surface area contributed by atoms with Crippen molar-refractivity contribution in [3.8, 4) is 11.1 Å². The summed E-state index contributed by atoms with van der Waals surface area (Å²) < 4.78 is 14.2. The molecule has 1 N–H and O–H groups in total. The zero-order valence-electron chi connectivity index (χ0n) is 16.8. The molecule has 1 saturated carbocycles. The van der Waals surface area contributed by atoms with Crippen LogP contribution in [0.5, 0.6) is 0 Å². The minimum Gasteiger partial charge on any atom is -0.310 e. The van der Waals surface area contributed by atoms with Crippen LogP contribution in [0.1, 0.15) is 31.0 Å². The van der Waals surface area contributed by atoms with Gasteiger partial charge in [-0.1, -0.05) is 13.3 Å². The summed E-state index contributed by atoms with van der Waals surface area (Å²) in [5.41, 5.74) is 7.11. The maximum atomic E-state index is 13.2. The van der Waals surface area contributed by atoms with Gasteiger partial charge in [0, 0.05) is 40.0 Å². The van der Waals surface area contributed by atoms with Crippen molar-refractivity contribution in [2.24, 2.45) is 5.92 Å². The molecule has 1 aliphatic carbocycles. The minimum absolute atomic E-state index is 0.298. The number of fused-ring (bicyclic) bond motifs is 3. The lowest BCUT2D eigenvalue weighted by Crippen LogP contribution is -2.15. The molecule has 3 aromatic heterocycles. The van der Waals surface area contributed by atoms with Gasteiger partial charge in [-0.25, -0.2) is 14.4 Å². The standard InChI is InChI=1S/C23H21FN4OS/c1-3-4-14-5-12(2)18(10-25-14)16-6-13-9-26-20(28-23(29)17-7-19(17)24)8-15(13)22-21(16)27-11-30-22/h5-6,8-11,17,19H,3-4,7H2,1-2H3,(H,26,28,29). The monoisotopic (exact) mass is 420 g/mol. The van der Waals surface area contributed by atoms with E-state index in [1.165, 1.54) is 5.56 Å². The number of pyridine rings is 2. The first kappa shape index (κ1) is 19.1. The molecule has 1 aromatic carbocycles. The van der Waals surface area contributed by atoms with Gasteiger partial charge < -0.3 is 5.32 Å². The van der Waals surface area contributed by atoms with E-state index in [9.17, 15) is 9.18 Å². The molecule has 0 aliphatic heterocycles. The van der Waals surface area contributed by atoms with E-state index in [0.29, 0.717) is 12.2 Å². The van der Waals surface area contributed by atoms with Gasteiger partial charge in [0.25, 0.3) is 0 Å². The van der Waals surface area contributed by atoms with Gasteiger partial charge in [0.15, 0.2) is 0 Å². The molecule has 0 bridgehead atoms. The lowest BCUT2D eigenvalue weighted by atomic mass is 9.98. The maximum Gasteiger partial charge on any atom is 0.231 e. The number of aryl methyl sites for hydroxylation is 2. The van der Waals surface area contributed by atoms with Gasteiger partial charge in [-0.15, -0.1) is 11.3 Å². The fourth-order valence-corrected chi connectivity index (χ4v) is 4.69. The first-order valence-corrected chi connectivity index (χ1v) is 11.0. The number of carbonyl (C=O) groups excluding carboxylic acids is 1. The van der Waals surface area contributed by atoms with Crippen LogP contribution in [-0.4, -0.2) is 27.0 Å². The summed E-state index contributed by atoms with van der Waals surface area (Å²) in [6.07, 6.45) is 4.99. The van der Waals surface area contributed by atoms with Gasteiger partial charge in [-0.3, -0.25) is 9.78 Å². The number of hydrogen-bond acceptors (Lipinski definition) is 5. The lowest BCUT2D eigenvalue weighted by molar-refractivity contribution is -0.117. The van der Waals surface area contributed by atoms with Crippen molar-refractivity contribution in [1.82, 2.24) is 15.0 Å². The summed E-state index contributed by atoms with van der Waals surface area (Å²) in [7, 11) is 0. The van der Waals surface area contributed by atoms with E-state index in [0.717, 1.165) is 50.7 Å².